The third kappa shape index (κ3) is 3.98. The first-order valence-electron chi connectivity index (χ1n) is 6.04. The first-order chi connectivity index (χ1) is 8.24. The molecule has 1 aliphatic carbocycles. The van der Waals surface area contributed by atoms with Crippen molar-refractivity contribution < 1.29 is 5.11 Å². The number of rotatable bonds is 2. The zero-order valence-corrected chi connectivity index (χ0v) is 10.5. The predicted molar refractivity (Wildman–Crippen MR) is 74.1 cm³/mol. The van der Waals surface area contributed by atoms with Crippen molar-refractivity contribution in [2.45, 2.75) is 37.8 Å². The Morgan fingerprint density at radius 2 is 1.76 bits per heavy atom. The highest BCUT2D eigenvalue weighted by atomic mass is 32.1. The quantitative estimate of drug-likeness (QED) is 0.705. The Morgan fingerprint density at radius 1 is 1.12 bits per heavy atom. The van der Waals surface area contributed by atoms with E-state index in [9.17, 15) is 5.11 Å². The van der Waals surface area contributed by atoms with Crippen LogP contribution in [-0.2, 0) is 0 Å². The van der Waals surface area contributed by atoms with Gasteiger partial charge in [0.1, 0.15) is 0 Å². The van der Waals surface area contributed by atoms with Gasteiger partial charge in [0.05, 0.1) is 6.10 Å². The van der Waals surface area contributed by atoms with Crippen LogP contribution in [0, 0.1) is 0 Å². The molecule has 1 aliphatic rings. The van der Waals surface area contributed by atoms with Crippen molar-refractivity contribution in [3.05, 3.63) is 30.3 Å². The lowest BCUT2D eigenvalue weighted by Crippen LogP contribution is -2.40. The van der Waals surface area contributed by atoms with E-state index in [2.05, 4.69) is 10.6 Å². The summed E-state index contributed by atoms with van der Waals surface area (Å²) in [6.45, 7) is 0. The minimum Gasteiger partial charge on any atom is -0.393 e. The van der Waals surface area contributed by atoms with Crippen LogP contribution in [-0.4, -0.2) is 22.4 Å². The molecule has 0 amide bonds. The van der Waals surface area contributed by atoms with Gasteiger partial charge in [-0.3, -0.25) is 0 Å². The smallest absolute Gasteiger partial charge is 0.170 e. The highest BCUT2D eigenvalue weighted by molar-refractivity contribution is 7.80. The van der Waals surface area contributed by atoms with Crippen molar-refractivity contribution in [1.82, 2.24) is 5.32 Å². The minimum atomic E-state index is -0.122. The van der Waals surface area contributed by atoms with Gasteiger partial charge in [-0.1, -0.05) is 18.2 Å². The molecule has 0 aliphatic heterocycles. The first kappa shape index (κ1) is 12.3. The molecule has 4 heteroatoms. The molecule has 1 aromatic carbocycles. The van der Waals surface area contributed by atoms with Gasteiger partial charge < -0.3 is 15.7 Å². The number of hydrogen-bond donors (Lipinski definition) is 3. The van der Waals surface area contributed by atoms with E-state index in [1.54, 1.807) is 0 Å². The number of hydrogen-bond acceptors (Lipinski definition) is 2. The van der Waals surface area contributed by atoms with E-state index in [0.717, 1.165) is 31.4 Å². The molecule has 0 radical (unpaired) electrons. The topological polar surface area (TPSA) is 44.3 Å². The molecular weight excluding hydrogens is 232 g/mol. The SMILES string of the molecule is OC1CCC(NC(=S)Nc2ccccc2)CC1. The molecule has 3 nitrogen and oxygen atoms in total. The molecule has 17 heavy (non-hydrogen) atoms. The van der Waals surface area contributed by atoms with Gasteiger partial charge >= 0.3 is 0 Å². The second-order valence-electron chi connectivity index (χ2n) is 4.47. The maximum atomic E-state index is 9.42. The van der Waals surface area contributed by atoms with Gasteiger partial charge in [-0.15, -0.1) is 0 Å². The fourth-order valence-corrected chi connectivity index (χ4v) is 2.38. The number of anilines is 1. The van der Waals surface area contributed by atoms with Crippen LogP contribution in [0.5, 0.6) is 0 Å². The van der Waals surface area contributed by atoms with Gasteiger partial charge in [0.15, 0.2) is 5.11 Å². The predicted octanol–water partition coefficient (Wildman–Crippen LogP) is 2.28. The highest BCUT2D eigenvalue weighted by Gasteiger charge is 2.19. The molecule has 1 saturated carbocycles. The van der Waals surface area contributed by atoms with Crippen molar-refractivity contribution in [3.8, 4) is 0 Å². The molecule has 0 atom stereocenters. The Hall–Kier alpha value is -1.13. The molecule has 0 bridgehead atoms. The molecule has 3 N–H and O–H groups in total. The molecule has 1 fully saturated rings. The summed E-state index contributed by atoms with van der Waals surface area (Å²) in [5.41, 5.74) is 1.00. The van der Waals surface area contributed by atoms with Crippen molar-refractivity contribution >= 4 is 23.0 Å². The van der Waals surface area contributed by atoms with Crippen LogP contribution in [0.4, 0.5) is 5.69 Å². The van der Waals surface area contributed by atoms with Crippen LogP contribution in [0.1, 0.15) is 25.7 Å². The molecule has 0 saturated heterocycles. The molecule has 0 spiro atoms. The summed E-state index contributed by atoms with van der Waals surface area (Å²) in [5, 5.41) is 16.5. The zero-order chi connectivity index (χ0) is 12.1. The number of benzene rings is 1. The summed E-state index contributed by atoms with van der Waals surface area (Å²) in [4.78, 5) is 0. The molecule has 0 aromatic heterocycles. The van der Waals surface area contributed by atoms with E-state index in [1.807, 2.05) is 30.3 Å². The fraction of sp³-hybridized carbons (Fsp3) is 0.462. The third-order valence-electron chi connectivity index (χ3n) is 3.06. The third-order valence-corrected chi connectivity index (χ3v) is 3.28. The van der Waals surface area contributed by atoms with Gasteiger partial charge in [0.25, 0.3) is 0 Å². The first-order valence-corrected chi connectivity index (χ1v) is 6.45. The van der Waals surface area contributed by atoms with E-state index in [-0.39, 0.29) is 6.10 Å². The van der Waals surface area contributed by atoms with E-state index >= 15 is 0 Å². The van der Waals surface area contributed by atoms with E-state index in [0.29, 0.717) is 11.2 Å². The number of para-hydroxylation sites is 1. The standard InChI is InChI=1S/C13H18N2OS/c16-12-8-6-11(7-9-12)15-13(17)14-10-4-2-1-3-5-10/h1-5,11-12,16H,6-9H2,(H2,14,15,17). The summed E-state index contributed by atoms with van der Waals surface area (Å²) >= 11 is 5.26. The van der Waals surface area contributed by atoms with Crippen LogP contribution >= 0.6 is 12.2 Å². The minimum absolute atomic E-state index is 0.122. The fourth-order valence-electron chi connectivity index (χ4n) is 2.09. The normalized spacial score (nSPS) is 24.1. The van der Waals surface area contributed by atoms with E-state index in [1.165, 1.54) is 0 Å². The zero-order valence-electron chi connectivity index (χ0n) is 9.73. The van der Waals surface area contributed by atoms with Crippen molar-refractivity contribution in [3.63, 3.8) is 0 Å². The lowest BCUT2D eigenvalue weighted by atomic mass is 9.93. The lowest BCUT2D eigenvalue weighted by Gasteiger charge is -2.27. The largest absolute Gasteiger partial charge is 0.393 e. The van der Waals surface area contributed by atoms with Gasteiger partial charge in [-0.05, 0) is 50.0 Å². The lowest BCUT2D eigenvalue weighted by molar-refractivity contribution is 0.120. The second kappa shape index (κ2) is 5.98. The Balaban J connectivity index is 1.78. The van der Waals surface area contributed by atoms with Gasteiger partial charge in [0.2, 0.25) is 0 Å². The van der Waals surface area contributed by atoms with Gasteiger partial charge in [-0.25, -0.2) is 0 Å². The van der Waals surface area contributed by atoms with Crippen LogP contribution in [0.25, 0.3) is 0 Å². The monoisotopic (exact) mass is 250 g/mol. The van der Waals surface area contributed by atoms with Gasteiger partial charge in [0, 0.05) is 11.7 Å². The van der Waals surface area contributed by atoms with Crippen molar-refractivity contribution in [2.24, 2.45) is 0 Å². The van der Waals surface area contributed by atoms with Crippen LogP contribution in [0.15, 0.2) is 30.3 Å². The van der Waals surface area contributed by atoms with Gasteiger partial charge in [-0.2, -0.15) is 0 Å². The second-order valence-corrected chi connectivity index (χ2v) is 4.88. The molecular formula is C13H18N2OS. The maximum Gasteiger partial charge on any atom is 0.170 e. The molecule has 0 heterocycles. The Bertz CT molecular complexity index is 361. The summed E-state index contributed by atoms with van der Waals surface area (Å²) in [7, 11) is 0. The molecule has 0 unspecified atom stereocenters. The number of nitrogens with one attached hydrogen (secondary N) is 2. The van der Waals surface area contributed by atoms with E-state index < -0.39 is 0 Å². The number of aliphatic hydroxyl groups excluding tert-OH is 1. The van der Waals surface area contributed by atoms with Crippen LogP contribution in [0.3, 0.4) is 0 Å². The Labute approximate surface area is 107 Å². The average Bonchev–Trinajstić information content (AvgIpc) is 2.33. The average molecular weight is 250 g/mol. The summed E-state index contributed by atoms with van der Waals surface area (Å²) in [6, 6.07) is 10.3. The number of thiocarbonyl (C=S) groups is 1. The maximum absolute atomic E-state index is 9.42. The summed E-state index contributed by atoms with van der Waals surface area (Å²) < 4.78 is 0. The Morgan fingerprint density at radius 3 is 2.41 bits per heavy atom. The highest BCUT2D eigenvalue weighted by Crippen LogP contribution is 2.18. The van der Waals surface area contributed by atoms with Crippen molar-refractivity contribution in [1.29, 1.82) is 0 Å². The summed E-state index contributed by atoms with van der Waals surface area (Å²) in [6.07, 6.45) is 3.58. The van der Waals surface area contributed by atoms with Crippen molar-refractivity contribution in [2.75, 3.05) is 5.32 Å². The molecule has 1 aromatic rings. The van der Waals surface area contributed by atoms with Crippen LogP contribution < -0.4 is 10.6 Å². The van der Waals surface area contributed by atoms with E-state index in [4.69, 9.17) is 12.2 Å². The molecule has 2 rings (SSSR count). The number of aliphatic hydroxyl groups is 1. The molecule has 92 valence electrons. The Kier molecular flexibility index (Phi) is 4.34. The summed E-state index contributed by atoms with van der Waals surface area (Å²) in [5.74, 6) is 0. The van der Waals surface area contributed by atoms with Crippen LogP contribution in [0.2, 0.25) is 0 Å².